The Labute approximate surface area is 133 Å². The average molecular weight is 321 g/mol. The highest BCUT2D eigenvalue weighted by Crippen LogP contribution is 2.35. The van der Waals surface area contributed by atoms with Crippen LogP contribution in [-0.4, -0.2) is 24.0 Å². The fraction of sp³-hybridized carbons (Fsp3) is 0.375. The van der Waals surface area contributed by atoms with Crippen molar-refractivity contribution in [3.8, 4) is 17.1 Å². The highest BCUT2D eigenvalue weighted by atomic mass is 19.1. The minimum atomic E-state index is -0.670. The van der Waals surface area contributed by atoms with Gasteiger partial charge in [-0.25, -0.2) is 9.37 Å². The van der Waals surface area contributed by atoms with Crippen molar-refractivity contribution >= 4 is 11.6 Å². The monoisotopic (exact) mass is 321 g/mol. The second-order valence-electron chi connectivity index (χ2n) is 5.60. The number of methoxy groups -OCH3 is 1. The molecule has 1 aromatic carbocycles. The number of nitrogens with two attached hydrogens (primary N) is 1. The van der Waals surface area contributed by atoms with E-state index in [0.29, 0.717) is 6.42 Å². The number of rotatable bonds is 6. The molecule has 1 aromatic heterocycles. The first-order chi connectivity index (χ1) is 10.9. The number of hydrogen-bond donors (Lipinski definition) is 2. The zero-order valence-corrected chi connectivity index (χ0v) is 13.3. The van der Waals surface area contributed by atoms with Crippen LogP contribution in [0.25, 0.3) is 11.3 Å². The first kappa shape index (κ1) is 17.0. The minimum absolute atomic E-state index is 0.0796. The molecule has 0 spiro atoms. The SMILES string of the molecule is COc1c(NC(=O)C(N)CC(C)C)ccc(-c2cnco2)c1F. The lowest BCUT2D eigenvalue weighted by Gasteiger charge is -2.16. The molecule has 0 fully saturated rings. The molecule has 0 saturated carbocycles. The van der Waals surface area contributed by atoms with E-state index in [1.165, 1.54) is 25.8 Å². The van der Waals surface area contributed by atoms with Gasteiger partial charge in [0, 0.05) is 0 Å². The Bertz CT molecular complexity index is 671. The van der Waals surface area contributed by atoms with Crippen molar-refractivity contribution in [1.29, 1.82) is 0 Å². The first-order valence-electron chi connectivity index (χ1n) is 7.25. The normalized spacial score (nSPS) is 12.3. The Morgan fingerprint density at radius 2 is 2.22 bits per heavy atom. The van der Waals surface area contributed by atoms with Gasteiger partial charge in [-0.1, -0.05) is 13.8 Å². The van der Waals surface area contributed by atoms with Crippen LogP contribution in [0.4, 0.5) is 10.1 Å². The standard InChI is InChI=1S/C16H20FN3O3/c1-9(2)6-11(18)16(21)20-12-5-4-10(13-7-19-8-23-13)14(17)15(12)22-3/h4-5,7-9,11H,6,18H2,1-3H3,(H,20,21). The van der Waals surface area contributed by atoms with Crippen LogP contribution < -0.4 is 15.8 Å². The zero-order chi connectivity index (χ0) is 17.0. The van der Waals surface area contributed by atoms with Crippen molar-refractivity contribution in [3.05, 3.63) is 30.5 Å². The summed E-state index contributed by atoms with van der Waals surface area (Å²) < 4.78 is 24.7. The largest absolute Gasteiger partial charge is 0.492 e. The number of oxazole rings is 1. The van der Waals surface area contributed by atoms with Gasteiger partial charge in [-0.05, 0) is 24.5 Å². The molecular formula is C16H20FN3O3. The van der Waals surface area contributed by atoms with Crippen molar-refractivity contribution in [2.24, 2.45) is 11.7 Å². The second-order valence-corrected chi connectivity index (χ2v) is 5.60. The molecule has 7 heteroatoms. The van der Waals surface area contributed by atoms with Crippen molar-refractivity contribution in [2.45, 2.75) is 26.3 Å². The van der Waals surface area contributed by atoms with E-state index in [-0.39, 0.29) is 34.6 Å². The van der Waals surface area contributed by atoms with Gasteiger partial charge < -0.3 is 20.2 Å². The Hall–Kier alpha value is -2.41. The summed E-state index contributed by atoms with van der Waals surface area (Å²) in [6, 6.07) is 2.36. The molecule has 1 heterocycles. The van der Waals surface area contributed by atoms with Gasteiger partial charge in [0.25, 0.3) is 0 Å². The number of halogens is 1. The van der Waals surface area contributed by atoms with E-state index in [1.807, 2.05) is 13.8 Å². The molecule has 124 valence electrons. The molecule has 0 aliphatic carbocycles. The number of anilines is 1. The van der Waals surface area contributed by atoms with Crippen LogP contribution in [0.1, 0.15) is 20.3 Å². The summed E-state index contributed by atoms with van der Waals surface area (Å²) >= 11 is 0. The Balaban J connectivity index is 2.26. The molecule has 1 amide bonds. The van der Waals surface area contributed by atoms with E-state index in [2.05, 4.69) is 10.3 Å². The van der Waals surface area contributed by atoms with Gasteiger partial charge in [-0.2, -0.15) is 0 Å². The number of aromatic nitrogens is 1. The summed E-state index contributed by atoms with van der Waals surface area (Å²) in [5.74, 6) is -0.550. The third-order valence-electron chi connectivity index (χ3n) is 3.32. The zero-order valence-electron chi connectivity index (χ0n) is 13.3. The molecule has 2 aromatic rings. The molecule has 1 unspecified atom stereocenters. The fourth-order valence-corrected chi connectivity index (χ4v) is 2.23. The Kier molecular flexibility index (Phi) is 5.33. The molecule has 3 N–H and O–H groups in total. The third kappa shape index (κ3) is 3.87. The van der Waals surface area contributed by atoms with Gasteiger partial charge >= 0.3 is 0 Å². The summed E-state index contributed by atoms with van der Waals surface area (Å²) in [4.78, 5) is 15.9. The molecule has 23 heavy (non-hydrogen) atoms. The summed E-state index contributed by atoms with van der Waals surface area (Å²) in [6.07, 6.45) is 3.14. The summed E-state index contributed by atoms with van der Waals surface area (Å²) in [5.41, 5.74) is 6.25. The van der Waals surface area contributed by atoms with E-state index >= 15 is 0 Å². The summed E-state index contributed by atoms with van der Waals surface area (Å²) in [7, 11) is 1.33. The van der Waals surface area contributed by atoms with E-state index in [4.69, 9.17) is 14.9 Å². The highest BCUT2D eigenvalue weighted by Gasteiger charge is 2.21. The van der Waals surface area contributed by atoms with Crippen LogP contribution in [0.2, 0.25) is 0 Å². The number of amides is 1. The van der Waals surface area contributed by atoms with Gasteiger partial charge in [0.2, 0.25) is 5.91 Å². The topological polar surface area (TPSA) is 90.4 Å². The molecular weight excluding hydrogens is 301 g/mol. The van der Waals surface area contributed by atoms with Crippen LogP contribution in [0.15, 0.2) is 29.1 Å². The van der Waals surface area contributed by atoms with Gasteiger partial charge in [-0.3, -0.25) is 4.79 Å². The Morgan fingerprint density at radius 3 is 2.78 bits per heavy atom. The van der Waals surface area contributed by atoms with Crippen molar-refractivity contribution in [2.75, 3.05) is 12.4 Å². The molecule has 6 nitrogen and oxygen atoms in total. The van der Waals surface area contributed by atoms with Gasteiger partial charge in [-0.15, -0.1) is 0 Å². The fourth-order valence-electron chi connectivity index (χ4n) is 2.23. The maximum atomic E-state index is 14.6. The Morgan fingerprint density at radius 1 is 1.48 bits per heavy atom. The number of benzene rings is 1. The second kappa shape index (κ2) is 7.23. The number of nitrogens with one attached hydrogen (secondary N) is 1. The molecule has 2 rings (SSSR count). The number of ether oxygens (including phenoxy) is 1. The molecule has 0 radical (unpaired) electrons. The van der Waals surface area contributed by atoms with Crippen LogP contribution >= 0.6 is 0 Å². The maximum Gasteiger partial charge on any atom is 0.241 e. The van der Waals surface area contributed by atoms with E-state index in [1.54, 1.807) is 6.07 Å². The lowest BCUT2D eigenvalue weighted by atomic mass is 10.0. The van der Waals surface area contributed by atoms with Crippen LogP contribution in [0.3, 0.4) is 0 Å². The molecule has 0 bridgehead atoms. The average Bonchev–Trinajstić information content (AvgIpc) is 3.01. The van der Waals surface area contributed by atoms with E-state index in [9.17, 15) is 9.18 Å². The van der Waals surface area contributed by atoms with Crippen molar-refractivity contribution < 1.29 is 18.3 Å². The van der Waals surface area contributed by atoms with Crippen LogP contribution in [-0.2, 0) is 4.79 Å². The number of hydrogen-bond acceptors (Lipinski definition) is 5. The number of nitrogens with zero attached hydrogens (tertiary/aromatic N) is 1. The van der Waals surface area contributed by atoms with Crippen LogP contribution in [0.5, 0.6) is 5.75 Å². The summed E-state index contributed by atoms with van der Waals surface area (Å²) in [6.45, 7) is 3.94. The van der Waals surface area contributed by atoms with Crippen molar-refractivity contribution in [1.82, 2.24) is 4.98 Å². The number of carbonyl (C=O) groups is 1. The first-order valence-corrected chi connectivity index (χ1v) is 7.25. The lowest BCUT2D eigenvalue weighted by molar-refractivity contribution is -0.117. The predicted molar refractivity (Wildman–Crippen MR) is 84.5 cm³/mol. The molecule has 0 saturated heterocycles. The lowest BCUT2D eigenvalue weighted by Crippen LogP contribution is -2.36. The molecule has 1 atom stereocenters. The van der Waals surface area contributed by atoms with E-state index in [0.717, 1.165) is 0 Å². The van der Waals surface area contributed by atoms with Gasteiger partial charge in [0.1, 0.15) is 0 Å². The third-order valence-corrected chi connectivity index (χ3v) is 3.32. The van der Waals surface area contributed by atoms with Gasteiger partial charge in [0.15, 0.2) is 23.7 Å². The predicted octanol–water partition coefficient (Wildman–Crippen LogP) is 2.80. The van der Waals surface area contributed by atoms with Crippen LogP contribution in [0, 0.1) is 11.7 Å². The number of carbonyl (C=O) groups excluding carboxylic acids is 1. The summed E-state index contributed by atoms with van der Waals surface area (Å²) in [5, 5.41) is 2.60. The minimum Gasteiger partial charge on any atom is -0.492 e. The molecule has 0 aliphatic rings. The van der Waals surface area contributed by atoms with E-state index < -0.39 is 11.9 Å². The smallest absolute Gasteiger partial charge is 0.241 e. The van der Waals surface area contributed by atoms with Crippen molar-refractivity contribution in [3.63, 3.8) is 0 Å². The highest BCUT2D eigenvalue weighted by molar-refractivity contribution is 5.96. The van der Waals surface area contributed by atoms with Gasteiger partial charge in [0.05, 0.1) is 30.6 Å². The quantitative estimate of drug-likeness (QED) is 0.854. The maximum absolute atomic E-state index is 14.6. The molecule has 0 aliphatic heterocycles.